The van der Waals surface area contributed by atoms with E-state index in [0.29, 0.717) is 24.9 Å². The van der Waals surface area contributed by atoms with E-state index in [1.54, 1.807) is 0 Å². The Morgan fingerprint density at radius 2 is 1.65 bits per heavy atom. The highest BCUT2D eigenvalue weighted by Crippen LogP contribution is 2.57. The molecule has 3 aliphatic heterocycles. The van der Waals surface area contributed by atoms with Gasteiger partial charge in [-0.15, -0.1) is 0 Å². The fourth-order valence-electron chi connectivity index (χ4n) is 3.76. The lowest BCUT2D eigenvalue weighted by molar-refractivity contribution is -0.150. The molecule has 3 saturated heterocycles. The monoisotopic (exact) mass is 448 g/mol. The van der Waals surface area contributed by atoms with Gasteiger partial charge in [0.05, 0.1) is 13.1 Å². The second kappa shape index (κ2) is 8.69. The molecule has 0 atom stereocenters. The maximum absolute atomic E-state index is 13.0. The van der Waals surface area contributed by atoms with E-state index in [-0.39, 0.29) is 41.6 Å². The van der Waals surface area contributed by atoms with Crippen LogP contribution in [0.2, 0.25) is 0 Å². The molecule has 0 bridgehead atoms. The summed E-state index contributed by atoms with van der Waals surface area (Å²) in [4.78, 5) is 50.8. The average molecular weight is 448 g/mol. The summed E-state index contributed by atoms with van der Waals surface area (Å²) in [7, 11) is -2.47. The maximum Gasteiger partial charge on any atom is 0.441 e. The van der Waals surface area contributed by atoms with Crippen molar-refractivity contribution in [2.75, 3.05) is 37.8 Å². The van der Waals surface area contributed by atoms with Crippen molar-refractivity contribution >= 4 is 34.2 Å². The van der Waals surface area contributed by atoms with Gasteiger partial charge in [-0.3, -0.25) is 14.5 Å². The van der Waals surface area contributed by atoms with Crippen LogP contribution in [0.1, 0.15) is 23.2 Å². The lowest BCUT2D eigenvalue weighted by Gasteiger charge is -2.29. The molecule has 3 heterocycles. The molecule has 8 nitrogen and oxygen atoms in total. The van der Waals surface area contributed by atoms with E-state index in [9.17, 15) is 23.6 Å². The summed E-state index contributed by atoms with van der Waals surface area (Å²) in [6, 6.07) is 5.64. The van der Waals surface area contributed by atoms with Gasteiger partial charge in [0.15, 0.2) is 5.78 Å². The van der Waals surface area contributed by atoms with Crippen molar-refractivity contribution in [2.45, 2.75) is 12.8 Å². The number of carbonyl (C=O) groups is 4. The Morgan fingerprint density at radius 3 is 2.29 bits per heavy atom. The molecule has 164 valence electrons. The number of ketones is 1. The molecule has 0 saturated carbocycles. The van der Waals surface area contributed by atoms with Crippen LogP contribution >= 0.6 is 10.6 Å². The second-order valence-corrected chi connectivity index (χ2v) is 9.99. The molecule has 3 aliphatic rings. The highest BCUT2D eigenvalue weighted by atomic mass is 32.3. The molecule has 4 rings (SSSR count). The number of hydrogen-bond donors (Lipinski definition) is 0. The number of likely N-dealkylation sites (tertiary alicyclic amines) is 1. The van der Waals surface area contributed by atoms with Crippen LogP contribution in [0.25, 0.3) is 0 Å². The summed E-state index contributed by atoms with van der Waals surface area (Å²) in [5, 5.41) is 0. The van der Waals surface area contributed by atoms with Crippen molar-refractivity contribution in [2.24, 2.45) is 5.92 Å². The van der Waals surface area contributed by atoms with Crippen molar-refractivity contribution < 1.29 is 31.9 Å². The van der Waals surface area contributed by atoms with Crippen molar-refractivity contribution in [1.29, 1.82) is 0 Å². The largest absolute Gasteiger partial charge is 0.441 e. The van der Waals surface area contributed by atoms with Gasteiger partial charge >= 0.3 is 11.9 Å². The van der Waals surface area contributed by atoms with Crippen LogP contribution in [0.3, 0.4) is 0 Å². The third-order valence-corrected chi connectivity index (χ3v) is 7.76. The van der Waals surface area contributed by atoms with E-state index in [4.69, 9.17) is 8.37 Å². The predicted molar refractivity (Wildman–Crippen MR) is 109 cm³/mol. The lowest BCUT2D eigenvalue weighted by Crippen LogP contribution is -2.36. The number of halogens is 1. The number of hydrogen-bond acceptors (Lipinski definition) is 7. The molecule has 31 heavy (non-hydrogen) atoms. The zero-order valence-electron chi connectivity index (χ0n) is 16.7. The number of Topliss-reactive ketones (excluding diaryl/α,β-unsaturated/α-hetero) is 1. The molecule has 0 aliphatic carbocycles. The summed E-state index contributed by atoms with van der Waals surface area (Å²) in [6.07, 6.45) is 1.43. The molecule has 1 aromatic carbocycles. The van der Waals surface area contributed by atoms with E-state index >= 15 is 0 Å². The number of piperidine rings is 1. The van der Waals surface area contributed by atoms with Gasteiger partial charge in [-0.1, -0.05) is 22.4 Å². The third kappa shape index (κ3) is 4.73. The Morgan fingerprint density at radius 1 is 1.03 bits per heavy atom. The van der Waals surface area contributed by atoms with Gasteiger partial charge in [0, 0.05) is 11.5 Å². The van der Waals surface area contributed by atoms with Gasteiger partial charge in [0.1, 0.15) is 17.4 Å². The number of rotatable bonds is 4. The predicted octanol–water partition coefficient (Wildman–Crippen LogP) is 1.26. The molecule has 1 amide bonds. The fraction of sp³-hybridized carbons (Fsp3) is 0.429. The summed E-state index contributed by atoms with van der Waals surface area (Å²) in [6.45, 7) is 2.14. The standard InChI is InChI=1S/C21H21FN2O6S/c22-17-5-3-15(4-6-17)19(26)16-7-11-23(12-8-16)9-1-2-10-24-14-31(13-18(24)25)29-20(27)21(28)30-31/h3-6,16H,7-14H2. The summed E-state index contributed by atoms with van der Waals surface area (Å²) < 4.78 is 23.0. The highest BCUT2D eigenvalue weighted by Gasteiger charge is 2.49. The molecule has 10 heteroatoms. The van der Waals surface area contributed by atoms with Crippen molar-refractivity contribution in [1.82, 2.24) is 9.80 Å². The van der Waals surface area contributed by atoms with Crippen molar-refractivity contribution in [3.8, 4) is 11.8 Å². The van der Waals surface area contributed by atoms with E-state index in [1.165, 1.54) is 29.2 Å². The molecule has 0 radical (unpaired) electrons. The van der Waals surface area contributed by atoms with Crippen molar-refractivity contribution in [3.05, 3.63) is 35.6 Å². The quantitative estimate of drug-likeness (QED) is 0.389. The molecular formula is C21H21FN2O6S. The lowest BCUT2D eigenvalue weighted by atomic mass is 9.89. The van der Waals surface area contributed by atoms with Gasteiger partial charge in [0.25, 0.3) is 0 Å². The minimum Gasteiger partial charge on any atom is -0.332 e. The summed E-state index contributed by atoms with van der Waals surface area (Å²) in [5.41, 5.74) is 0.536. The minimum absolute atomic E-state index is 0.0445. The Kier molecular flexibility index (Phi) is 5.98. The first-order chi connectivity index (χ1) is 14.8. The Hall–Kier alpha value is -2.90. The topological polar surface area (TPSA) is 93.2 Å². The molecule has 0 unspecified atom stereocenters. The zero-order chi connectivity index (χ0) is 22.0. The first-order valence-corrected chi connectivity index (χ1v) is 11.7. The van der Waals surface area contributed by atoms with Crippen LogP contribution in [0.5, 0.6) is 0 Å². The van der Waals surface area contributed by atoms with E-state index in [2.05, 4.69) is 16.7 Å². The first kappa shape index (κ1) is 21.3. The maximum atomic E-state index is 13.0. The Labute approximate surface area is 180 Å². The second-order valence-electron chi connectivity index (χ2n) is 7.63. The van der Waals surface area contributed by atoms with E-state index in [1.807, 2.05) is 0 Å². The summed E-state index contributed by atoms with van der Waals surface area (Å²) in [5.74, 6) is 3.19. The normalized spacial score (nSPS) is 22.1. The minimum atomic E-state index is -2.47. The number of nitrogens with zero attached hydrogens (tertiary/aromatic N) is 2. The van der Waals surface area contributed by atoms with Gasteiger partial charge in [-0.25, -0.2) is 14.0 Å². The highest BCUT2D eigenvalue weighted by molar-refractivity contribution is 8.27. The zero-order valence-corrected chi connectivity index (χ0v) is 17.5. The van der Waals surface area contributed by atoms with Gasteiger partial charge < -0.3 is 13.3 Å². The molecule has 0 N–H and O–H groups in total. The van der Waals surface area contributed by atoms with E-state index in [0.717, 1.165) is 13.1 Å². The Balaban J connectivity index is 1.22. The number of carbonyl (C=O) groups excluding carboxylic acids is 4. The Bertz CT molecular complexity index is 962. The van der Waals surface area contributed by atoms with Crippen LogP contribution in [-0.4, -0.2) is 71.2 Å². The van der Waals surface area contributed by atoms with Crippen LogP contribution < -0.4 is 0 Å². The van der Waals surface area contributed by atoms with Crippen LogP contribution in [0, 0.1) is 23.6 Å². The smallest absolute Gasteiger partial charge is 0.332 e. The van der Waals surface area contributed by atoms with Crippen molar-refractivity contribution in [3.63, 3.8) is 0 Å². The fourth-order valence-corrected chi connectivity index (χ4v) is 6.07. The van der Waals surface area contributed by atoms with Gasteiger partial charge in [-0.2, -0.15) is 0 Å². The van der Waals surface area contributed by atoms with Crippen LogP contribution in [-0.2, 0) is 22.7 Å². The number of amides is 1. The van der Waals surface area contributed by atoms with Gasteiger partial charge in [0.2, 0.25) is 5.91 Å². The first-order valence-electron chi connectivity index (χ1n) is 9.87. The molecule has 1 aromatic rings. The molecular weight excluding hydrogens is 427 g/mol. The molecule has 3 fully saturated rings. The van der Waals surface area contributed by atoms with E-state index < -0.39 is 22.5 Å². The molecule has 0 aromatic heterocycles. The van der Waals surface area contributed by atoms with Gasteiger partial charge in [-0.05, 0) is 50.2 Å². The average Bonchev–Trinajstić information content (AvgIpc) is 3.21. The SMILES string of the molecule is O=C1OS2(CC(=O)N(CC#CCN3CCC(C(=O)c4ccc(F)cc4)CC3)C2)OC1=O. The number of benzene rings is 1. The third-order valence-electron chi connectivity index (χ3n) is 5.46. The van der Waals surface area contributed by atoms with Crippen LogP contribution in [0.15, 0.2) is 24.3 Å². The van der Waals surface area contributed by atoms with Crippen LogP contribution in [0.4, 0.5) is 4.39 Å². The molecule has 1 spiro atoms. The summed E-state index contributed by atoms with van der Waals surface area (Å²) >= 11 is 0.